The number of benzene rings is 2. The number of rotatable bonds is 8. The summed E-state index contributed by atoms with van der Waals surface area (Å²) >= 11 is 0. The lowest BCUT2D eigenvalue weighted by Crippen LogP contribution is -2.47. The van der Waals surface area contributed by atoms with Gasteiger partial charge in [-0.1, -0.05) is 12.1 Å². The molecule has 2 aromatic rings. The van der Waals surface area contributed by atoms with Crippen molar-refractivity contribution >= 4 is 29.0 Å². The van der Waals surface area contributed by atoms with Gasteiger partial charge in [-0.2, -0.15) is 0 Å². The maximum atomic E-state index is 13.4. The van der Waals surface area contributed by atoms with E-state index in [1.165, 1.54) is 4.90 Å². The van der Waals surface area contributed by atoms with E-state index < -0.39 is 0 Å². The largest absolute Gasteiger partial charge is 0.495 e. The highest BCUT2D eigenvalue weighted by atomic mass is 16.5. The number of nitrogens with zero attached hydrogens (tertiary/aromatic N) is 4. The van der Waals surface area contributed by atoms with Gasteiger partial charge in [0.25, 0.3) is 5.91 Å². The van der Waals surface area contributed by atoms with Gasteiger partial charge in [-0.3, -0.25) is 9.69 Å². The normalized spacial score (nSPS) is 16.3. The predicted octanol–water partition coefficient (Wildman–Crippen LogP) is 2.18. The van der Waals surface area contributed by atoms with Gasteiger partial charge in [-0.25, -0.2) is 4.79 Å². The minimum atomic E-state index is -0.239. The number of ether oxygens (including phenoxy) is 2. The second-order valence-corrected chi connectivity index (χ2v) is 9.41. The number of methoxy groups -OCH3 is 1. The molecule has 0 saturated carbocycles. The van der Waals surface area contributed by atoms with Gasteiger partial charge < -0.3 is 34.8 Å². The molecule has 2 aliphatic rings. The van der Waals surface area contributed by atoms with Gasteiger partial charge in [0.2, 0.25) is 0 Å². The van der Waals surface area contributed by atoms with Crippen LogP contribution in [-0.2, 0) is 4.74 Å². The number of carbonyl (C=O) groups is 2. The summed E-state index contributed by atoms with van der Waals surface area (Å²) in [5, 5.41) is 5.94. The summed E-state index contributed by atoms with van der Waals surface area (Å²) in [6.07, 6.45) is 0. The van der Waals surface area contributed by atoms with Crippen molar-refractivity contribution < 1.29 is 19.1 Å². The maximum absolute atomic E-state index is 13.4. The molecule has 200 valence electrons. The van der Waals surface area contributed by atoms with Crippen LogP contribution in [0.3, 0.4) is 0 Å². The average Bonchev–Trinajstić information content (AvgIpc) is 2.93. The standard InChI is InChI=1S/C27H38N6O4/c1-30(2)27(35)29-21-8-9-23(22(20-21)26(34)28-10-11-31-16-18-37-19-17-31)32-12-14-33(15-13-32)24-6-4-5-7-25(24)36-3/h4-9,20H,10-19H2,1-3H3,(H,28,34)(H,29,35). The van der Waals surface area contributed by atoms with Crippen molar-refractivity contribution in [3.05, 3.63) is 48.0 Å². The number of para-hydroxylation sites is 2. The van der Waals surface area contributed by atoms with Gasteiger partial charge in [0.15, 0.2) is 0 Å². The molecule has 2 heterocycles. The van der Waals surface area contributed by atoms with E-state index in [0.29, 0.717) is 17.8 Å². The molecule has 2 saturated heterocycles. The molecule has 4 rings (SSSR count). The number of hydrogen-bond donors (Lipinski definition) is 2. The second kappa shape index (κ2) is 12.6. The van der Waals surface area contributed by atoms with Crippen molar-refractivity contribution in [3.8, 4) is 5.75 Å². The Bertz CT molecular complexity index is 1060. The molecule has 2 fully saturated rings. The van der Waals surface area contributed by atoms with Crippen molar-refractivity contribution in [1.29, 1.82) is 0 Å². The summed E-state index contributed by atoms with van der Waals surface area (Å²) in [4.78, 5) is 33.9. The molecule has 0 aliphatic carbocycles. The Balaban J connectivity index is 1.47. The zero-order valence-corrected chi connectivity index (χ0v) is 22.0. The highest BCUT2D eigenvalue weighted by Gasteiger charge is 2.24. The molecule has 10 heteroatoms. The van der Waals surface area contributed by atoms with Crippen LogP contribution in [0.4, 0.5) is 21.9 Å². The number of anilines is 3. The van der Waals surface area contributed by atoms with Gasteiger partial charge in [0, 0.05) is 77.8 Å². The fourth-order valence-electron chi connectivity index (χ4n) is 4.63. The lowest BCUT2D eigenvalue weighted by molar-refractivity contribution is 0.0383. The smallest absolute Gasteiger partial charge is 0.321 e. The number of hydrogen-bond acceptors (Lipinski definition) is 7. The van der Waals surface area contributed by atoms with Crippen LogP contribution in [0.2, 0.25) is 0 Å². The highest BCUT2D eigenvalue weighted by molar-refractivity contribution is 6.02. The molecule has 2 aromatic carbocycles. The number of nitrogens with one attached hydrogen (secondary N) is 2. The van der Waals surface area contributed by atoms with E-state index in [0.717, 1.165) is 76.2 Å². The molecular formula is C27H38N6O4. The fraction of sp³-hybridized carbons (Fsp3) is 0.481. The first-order chi connectivity index (χ1) is 18.0. The molecule has 37 heavy (non-hydrogen) atoms. The van der Waals surface area contributed by atoms with Gasteiger partial charge in [-0.15, -0.1) is 0 Å². The van der Waals surface area contributed by atoms with E-state index in [1.807, 2.05) is 30.3 Å². The Hall–Kier alpha value is -3.50. The lowest BCUT2D eigenvalue weighted by atomic mass is 10.1. The van der Waals surface area contributed by atoms with Crippen LogP contribution in [0.5, 0.6) is 5.75 Å². The molecule has 0 radical (unpaired) electrons. The van der Waals surface area contributed by atoms with Crippen LogP contribution in [0, 0.1) is 0 Å². The number of urea groups is 1. The molecule has 0 spiro atoms. The molecular weight excluding hydrogens is 472 g/mol. The quantitative estimate of drug-likeness (QED) is 0.563. The SMILES string of the molecule is COc1ccccc1N1CCN(c2ccc(NC(=O)N(C)C)cc2C(=O)NCCN2CCOCC2)CC1. The predicted molar refractivity (Wildman–Crippen MR) is 146 cm³/mol. The summed E-state index contributed by atoms with van der Waals surface area (Å²) in [6.45, 7) is 7.67. The minimum Gasteiger partial charge on any atom is -0.495 e. The van der Waals surface area contributed by atoms with Crippen molar-refractivity contribution in [2.24, 2.45) is 0 Å². The van der Waals surface area contributed by atoms with E-state index in [-0.39, 0.29) is 11.9 Å². The van der Waals surface area contributed by atoms with Crippen LogP contribution in [-0.4, -0.2) is 109 Å². The summed E-state index contributed by atoms with van der Waals surface area (Å²) < 4.78 is 11.0. The van der Waals surface area contributed by atoms with Crippen LogP contribution in [0.1, 0.15) is 10.4 Å². The monoisotopic (exact) mass is 510 g/mol. The zero-order valence-electron chi connectivity index (χ0n) is 22.0. The summed E-state index contributed by atoms with van der Waals surface area (Å²) in [5.41, 5.74) is 3.09. The summed E-state index contributed by atoms with van der Waals surface area (Å²) in [5.74, 6) is 0.716. The maximum Gasteiger partial charge on any atom is 0.321 e. The van der Waals surface area contributed by atoms with Crippen LogP contribution >= 0.6 is 0 Å². The van der Waals surface area contributed by atoms with Crippen LogP contribution in [0.15, 0.2) is 42.5 Å². The number of carbonyl (C=O) groups excluding carboxylic acids is 2. The van der Waals surface area contributed by atoms with Crippen molar-refractivity contribution in [2.45, 2.75) is 0 Å². The van der Waals surface area contributed by atoms with Crippen molar-refractivity contribution in [1.82, 2.24) is 15.1 Å². The third-order valence-electron chi connectivity index (χ3n) is 6.76. The number of morpholine rings is 1. The lowest BCUT2D eigenvalue weighted by Gasteiger charge is -2.38. The molecule has 2 N–H and O–H groups in total. The summed E-state index contributed by atoms with van der Waals surface area (Å²) in [6, 6.07) is 13.4. The van der Waals surface area contributed by atoms with E-state index in [9.17, 15) is 9.59 Å². The van der Waals surface area contributed by atoms with Gasteiger partial charge in [0.05, 0.1) is 31.6 Å². The Morgan fingerprint density at radius 2 is 1.62 bits per heavy atom. The van der Waals surface area contributed by atoms with Gasteiger partial charge in [0.1, 0.15) is 5.75 Å². The Kier molecular flexibility index (Phi) is 9.08. The minimum absolute atomic E-state index is 0.142. The third kappa shape index (κ3) is 6.84. The topological polar surface area (TPSA) is 89.6 Å². The van der Waals surface area contributed by atoms with E-state index in [2.05, 4.69) is 31.4 Å². The average molecular weight is 511 g/mol. The zero-order chi connectivity index (χ0) is 26.2. The molecule has 0 aromatic heterocycles. The molecule has 2 aliphatic heterocycles. The van der Waals surface area contributed by atoms with Crippen LogP contribution in [0.25, 0.3) is 0 Å². The Labute approximate surface area is 219 Å². The Morgan fingerprint density at radius 1 is 0.946 bits per heavy atom. The van der Waals surface area contributed by atoms with E-state index >= 15 is 0 Å². The first kappa shape index (κ1) is 26.6. The van der Waals surface area contributed by atoms with E-state index in [4.69, 9.17) is 9.47 Å². The van der Waals surface area contributed by atoms with Crippen molar-refractivity contribution in [2.75, 3.05) is 102 Å². The number of piperazine rings is 1. The molecule has 0 atom stereocenters. The first-order valence-corrected chi connectivity index (χ1v) is 12.8. The Morgan fingerprint density at radius 3 is 2.30 bits per heavy atom. The third-order valence-corrected chi connectivity index (χ3v) is 6.76. The second-order valence-electron chi connectivity index (χ2n) is 9.41. The molecule has 0 bridgehead atoms. The van der Waals surface area contributed by atoms with Gasteiger partial charge in [-0.05, 0) is 30.3 Å². The van der Waals surface area contributed by atoms with Gasteiger partial charge >= 0.3 is 6.03 Å². The molecule has 3 amide bonds. The van der Waals surface area contributed by atoms with E-state index in [1.54, 1.807) is 27.3 Å². The van der Waals surface area contributed by atoms with Crippen molar-refractivity contribution in [3.63, 3.8) is 0 Å². The molecule has 10 nitrogen and oxygen atoms in total. The first-order valence-electron chi connectivity index (χ1n) is 12.8. The molecule has 0 unspecified atom stereocenters. The number of amides is 3. The van der Waals surface area contributed by atoms with Crippen LogP contribution < -0.4 is 25.2 Å². The summed E-state index contributed by atoms with van der Waals surface area (Å²) in [7, 11) is 5.06. The fourth-order valence-corrected chi connectivity index (χ4v) is 4.63. The highest BCUT2D eigenvalue weighted by Crippen LogP contribution is 2.31.